The Hall–Kier alpha value is -3.61. The summed E-state index contributed by atoms with van der Waals surface area (Å²) in [6, 6.07) is 21.7. The lowest BCUT2D eigenvalue weighted by Crippen LogP contribution is -2.27. The number of rotatable bonds is 7. The second kappa shape index (κ2) is 9.68. The fourth-order valence-corrected chi connectivity index (χ4v) is 3.87. The Kier molecular flexibility index (Phi) is 6.54. The van der Waals surface area contributed by atoms with Crippen molar-refractivity contribution in [1.29, 1.82) is 0 Å². The minimum atomic E-state index is -0.523. The molecule has 2 heterocycles. The molecule has 6 heteroatoms. The molecule has 1 amide bonds. The highest BCUT2D eigenvalue weighted by molar-refractivity contribution is 5.93. The van der Waals surface area contributed by atoms with E-state index < -0.39 is 5.91 Å². The number of carbonyl (C=O) groups excluding carboxylic acids is 1. The second-order valence-corrected chi connectivity index (χ2v) is 7.96. The van der Waals surface area contributed by atoms with Crippen LogP contribution in [0.3, 0.4) is 0 Å². The normalized spacial score (nSPS) is 12.1. The number of benzene rings is 2. The lowest BCUT2D eigenvalue weighted by Gasteiger charge is -2.29. The molecule has 0 aliphatic carbocycles. The number of nitrogens with zero attached hydrogens (tertiary/aromatic N) is 3. The molecule has 0 aliphatic rings. The van der Waals surface area contributed by atoms with E-state index >= 15 is 0 Å². The molecule has 0 aliphatic heterocycles. The molecule has 162 valence electrons. The van der Waals surface area contributed by atoms with E-state index in [0.717, 1.165) is 27.7 Å². The summed E-state index contributed by atoms with van der Waals surface area (Å²) in [6.45, 7) is 5.53. The summed E-state index contributed by atoms with van der Waals surface area (Å²) in [5.41, 5.74) is 6.32. The van der Waals surface area contributed by atoms with Crippen LogP contribution in [0.2, 0.25) is 0 Å². The highest BCUT2D eigenvalue weighted by Crippen LogP contribution is 2.26. The largest absolute Gasteiger partial charge is 0.288 e. The fourth-order valence-electron chi connectivity index (χ4n) is 3.87. The zero-order chi connectivity index (χ0) is 22.5. The summed E-state index contributed by atoms with van der Waals surface area (Å²) in [4.78, 5) is 23.3. The third-order valence-corrected chi connectivity index (χ3v) is 5.72. The number of hydroxylamine groups is 1. The predicted octanol–water partition coefficient (Wildman–Crippen LogP) is 4.82. The lowest BCUT2D eigenvalue weighted by molar-refractivity contribution is 0.0706. The van der Waals surface area contributed by atoms with Gasteiger partial charge in [0.25, 0.3) is 5.91 Å². The van der Waals surface area contributed by atoms with Crippen molar-refractivity contribution in [2.75, 3.05) is 0 Å². The molecule has 4 rings (SSSR count). The van der Waals surface area contributed by atoms with E-state index in [2.05, 4.69) is 46.9 Å². The molecule has 0 fully saturated rings. The average molecular weight is 427 g/mol. The first-order chi connectivity index (χ1) is 15.5. The average Bonchev–Trinajstić information content (AvgIpc) is 2.83. The Bertz CT molecular complexity index is 1220. The third-order valence-electron chi connectivity index (χ3n) is 5.72. The van der Waals surface area contributed by atoms with Crippen molar-refractivity contribution >= 4 is 16.7 Å². The van der Waals surface area contributed by atoms with E-state index in [4.69, 9.17) is 5.21 Å². The zero-order valence-electron chi connectivity index (χ0n) is 18.2. The van der Waals surface area contributed by atoms with Crippen LogP contribution in [0.4, 0.5) is 0 Å². The van der Waals surface area contributed by atoms with Crippen molar-refractivity contribution in [1.82, 2.24) is 20.3 Å². The number of aryl methyl sites for hydroxylation is 1. The highest BCUT2D eigenvalue weighted by atomic mass is 16.5. The van der Waals surface area contributed by atoms with Gasteiger partial charge < -0.3 is 0 Å². The van der Waals surface area contributed by atoms with Gasteiger partial charge >= 0.3 is 0 Å². The van der Waals surface area contributed by atoms with Crippen molar-refractivity contribution < 1.29 is 10.0 Å². The molecule has 32 heavy (non-hydrogen) atoms. The second-order valence-electron chi connectivity index (χ2n) is 7.96. The first-order valence-corrected chi connectivity index (χ1v) is 10.6. The molecular formula is C26H26N4O2. The Morgan fingerprint density at radius 2 is 1.75 bits per heavy atom. The van der Waals surface area contributed by atoms with Gasteiger partial charge in [0.2, 0.25) is 0 Å². The number of fused-ring (bicyclic) bond motifs is 1. The van der Waals surface area contributed by atoms with Crippen LogP contribution in [-0.4, -0.2) is 26.0 Å². The van der Waals surface area contributed by atoms with Crippen LogP contribution >= 0.6 is 0 Å². The maximum absolute atomic E-state index is 11.6. The highest BCUT2D eigenvalue weighted by Gasteiger charge is 2.20. The van der Waals surface area contributed by atoms with E-state index in [1.807, 2.05) is 48.8 Å². The van der Waals surface area contributed by atoms with Crippen molar-refractivity contribution in [3.05, 3.63) is 107 Å². The molecule has 0 bridgehead atoms. The molecule has 0 spiro atoms. The van der Waals surface area contributed by atoms with Gasteiger partial charge in [0.05, 0.1) is 11.4 Å². The van der Waals surface area contributed by atoms with E-state index in [1.165, 1.54) is 5.56 Å². The van der Waals surface area contributed by atoms with Gasteiger partial charge in [0.15, 0.2) is 0 Å². The van der Waals surface area contributed by atoms with Crippen LogP contribution in [0.15, 0.2) is 79.1 Å². The molecule has 2 N–H and O–H groups in total. The van der Waals surface area contributed by atoms with E-state index in [9.17, 15) is 4.79 Å². The van der Waals surface area contributed by atoms with Crippen LogP contribution < -0.4 is 5.48 Å². The smallest absolute Gasteiger partial charge is 0.274 e. The summed E-state index contributed by atoms with van der Waals surface area (Å²) in [5, 5.41) is 11.2. The first-order valence-electron chi connectivity index (χ1n) is 10.6. The number of nitrogens with one attached hydrogen (secondary N) is 1. The molecule has 2 aromatic heterocycles. The Labute approximate surface area is 187 Å². The van der Waals surface area contributed by atoms with Crippen molar-refractivity contribution in [3.8, 4) is 0 Å². The van der Waals surface area contributed by atoms with Crippen molar-refractivity contribution in [2.24, 2.45) is 0 Å². The molecular weight excluding hydrogens is 400 g/mol. The molecule has 6 nitrogen and oxygen atoms in total. The standard InChI is InChI=1S/C26H26N4O2/c1-18-11-13-27-24(15-18)19(2)30(16-20-7-9-22(10-8-20)26(31)29-32)17-25-23-6-4-3-5-21(23)12-14-28-25/h3-15,19,32H,16-17H2,1-2H3,(H,29,31)/t19-/m0/s1. The Morgan fingerprint density at radius 3 is 2.50 bits per heavy atom. The number of pyridine rings is 2. The quantitative estimate of drug-likeness (QED) is 0.327. The number of carbonyl (C=O) groups is 1. The van der Waals surface area contributed by atoms with Gasteiger partial charge in [0, 0.05) is 42.5 Å². The van der Waals surface area contributed by atoms with Crippen LogP contribution in [0.25, 0.3) is 10.8 Å². The van der Waals surface area contributed by atoms with E-state index in [0.29, 0.717) is 18.7 Å². The number of aromatic nitrogens is 2. The van der Waals surface area contributed by atoms with E-state index in [-0.39, 0.29) is 6.04 Å². The Balaban J connectivity index is 1.67. The van der Waals surface area contributed by atoms with Gasteiger partial charge in [-0.25, -0.2) is 5.48 Å². The maximum atomic E-state index is 11.6. The topological polar surface area (TPSA) is 78.4 Å². The monoisotopic (exact) mass is 426 g/mol. The summed E-state index contributed by atoms with van der Waals surface area (Å²) < 4.78 is 0. The zero-order valence-corrected chi connectivity index (χ0v) is 18.2. The molecule has 0 unspecified atom stereocenters. The van der Waals surface area contributed by atoms with Gasteiger partial charge in [-0.05, 0) is 60.7 Å². The number of amides is 1. The summed E-state index contributed by atoms with van der Waals surface area (Å²) in [7, 11) is 0. The number of hydrogen-bond acceptors (Lipinski definition) is 5. The third kappa shape index (κ3) is 4.82. The fraction of sp³-hybridized carbons (Fsp3) is 0.192. The molecule has 1 atom stereocenters. The maximum Gasteiger partial charge on any atom is 0.274 e. The van der Waals surface area contributed by atoms with Gasteiger partial charge in [-0.3, -0.25) is 24.9 Å². The molecule has 0 radical (unpaired) electrons. The Morgan fingerprint density at radius 1 is 1.00 bits per heavy atom. The van der Waals surface area contributed by atoms with Crippen LogP contribution in [0, 0.1) is 6.92 Å². The van der Waals surface area contributed by atoms with E-state index in [1.54, 1.807) is 17.6 Å². The van der Waals surface area contributed by atoms with Gasteiger partial charge in [-0.1, -0.05) is 36.4 Å². The first kappa shape index (κ1) is 21.6. The summed E-state index contributed by atoms with van der Waals surface area (Å²) in [6.07, 6.45) is 3.70. The summed E-state index contributed by atoms with van der Waals surface area (Å²) in [5.74, 6) is -0.523. The van der Waals surface area contributed by atoms with Crippen molar-refractivity contribution in [2.45, 2.75) is 33.0 Å². The summed E-state index contributed by atoms with van der Waals surface area (Å²) >= 11 is 0. The van der Waals surface area contributed by atoms with Gasteiger partial charge in [-0.2, -0.15) is 0 Å². The predicted molar refractivity (Wildman–Crippen MR) is 124 cm³/mol. The lowest BCUT2D eigenvalue weighted by atomic mass is 10.1. The number of hydrogen-bond donors (Lipinski definition) is 2. The van der Waals surface area contributed by atoms with Crippen LogP contribution in [0.5, 0.6) is 0 Å². The van der Waals surface area contributed by atoms with Crippen LogP contribution in [0.1, 0.15) is 45.8 Å². The molecule has 4 aromatic rings. The van der Waals surface area contributed by atoms with Crippen molar-refractivity contribution in [3.63, 3.8) is 0 Å². The van der Waals surface area contributed by atoms with Crippen LogP contribution in [-0.2, 0) is 13.1 Å². The molecule has 0 saturated heterocycles. The van der Waals surface area contributed by atoms with Gasteiger partial charge in [-0.15, -0.1) is 0 Å². The minimum absolute atomic E-state index is 0.0519. The minimum Gasteiger partial charge on any atom is -0.288 e. The molecule has 0 saturated carbocycles. The SMILES string of the molecule is Cc1ccnc([C@H](C)N(Cc2ccc(C(=O)NO)cc2)Cc2nccc3ccccc23)c1. The van der Waals surface area contributed by atoms with Gasteiger partial charge in [0.1, 0.15) is 0 Å². The molecule has 2 aromatic carbocycles.